The van der Waals surface area contributed by atoms with E-state index in [1.54, 1.807) is 30.1 Å². The molecule has 1 fully saturated rings. The van der Waals surface area contributed by atoms with Crippen LogP contribution in [0.2, 0.25) is 0 Å². The van der Waals surface area contributed by atoms with Gasteiger partial charge in [0, 0.05) is 55.8 Å². The zero-order valence-corrected chi connectivity index (χ0v) is 15.3. The summed E-state index contributed by atoms with van der Waals surface area (Å²) in [7, 11) is 1.76. The van der Waals surface area contributed by atoms with Crippen LogP contribution in [0.4, 0.5) is 5.95 Å². The third-order valence-corrected chi connectivity index (χ3v) is 5.07. The van der Waals surface area contributed by atoms with Crippen LogP contribution in [-0.2, 0) is 11.8 Å². The number of nitrogens with two attached hydrogens (primary N) is 1. The second-order valence-electron chi connectivity index (χ2n) is 6.90. The van der Waals surface area contributed by atoms with Gasteiger partial charge in [0.05, 0.1) is 18.4 Å². The number of morpholine rings is 1. The number of ether oxygens (including phenoxy) is 1. The highest BCUT2D eigenvalue weighted by Crippen LogP contribution is 2.26. The molecule has 1 unspecified atom stereocenters. The van der Waals surface area contributed by atoms with E-state index in [0.717, 1.165) is 17.7 Å². The number of aromatic nitrogens is 3. The second-order valence-corrected chi connectivity index (χ2v) is 6.90. The minimum atomic E-state index is -0.0837. The van der Waals surface area contributed by atoms with E-state index in [0.29, 0.717) is 31.3 Å². The Kier molecular flexibility index (Phi) is 4.77. The Morgan fingerprint density at radius 3 is 2.89 bits per heavy atom. The number of rotatable bonds is 3. The number of nitrogens with zero attached hydrogens (tertiary/aromatic N) is 4. The molecule has 0 amide bonds. The summed E-state index contributed by atoms with van der Waals surface area (Å²) in [6.07, 6.45) is 10.4. The molecule has 7 nitrogen and oxygen atoms in total. The molecule has 140 valence electrons. The van der Waals surface area contributed by atoms with Crippen molar-refractivity contribution in [3.8, 4) is 11.3 Å². The van der Waals surface area contributed by atoms with Gasteiger partial charge in [0.1, 0.15) is 0 Å². The molecule has 27 heavy (non-hydrogen) atoms. The predicted octanol–water partition coefficient (Wildman–Crippen LogP) is 1.47. The average Bonchev–Trinajstić information content (AvgIpc) is 2.71. The van der Waals surface area contributed by atoms with E-state index in [1.807, 2.05) is 18.2 Å². The van der Waals surface area contributed by atoms with Gasteiger partial charge in [-0.2, -0.15) is 0 Å². The maximum atomic E-state index is 12.5. The fraction of sp³-hybridized carbons (Fsp3) is 0.350. The van der Waals surface area contributed by atoms with Gasteiger partial charge in [0.2, 0.25) is 5.95 Å². The maximum Gasteiger partial charge on any atom is 0.255 e. The molecule has 2 atom stereocenters. The zero-order valence-electron chi connectivity index (χ0n) is 15.3. The lowest BCUT2D eigenvalue weighted by molar-refractivity contribution is 0.0137. The van der Waals surface area contributed by atoms with E-state index < -0.39 is 0 Å². The first-order valence-corrected chi connectivity index (χ1v) is 9.10. The molecule has 4 rings (SSSR count). The second kappa shape index (κ2) is 7.36. The summed E-state index contributed by atoms with van der Waals surface area (Å²) >= 11 is 0. The van der Waals surface area contributed by atoms with Gasteiger partial charge in [-0.3, -0.25) is 14.3 Å². The molecule has 2 aliphatic rings. The molecule has 0 aromatic carbocycles. The molecule has 2 aromatic rings. The molecule has 1 aliphatic heterocycles. The Morgan fingerprint density at radius 1 is 1.30 bits per heavy atom. The van der Waals surface area contributed by atoms with Crippen LogP contribution in [0.3, 0.4) is 0 Å². The number of hydrogen-bond donors (Lipinski definition) is 1. The summed E-state index contributed by atoms with van der Waals surface area (Å²) in [6, 6.07) is 5.28. The van der Waals surface area contributed by atoms with Crippen LogP contribution in [0.15, 0.2) is 59.3 Å². The van der Waals surface area contributed by atoms with Gasteiger partial charge >= 0.3 is 0 Å². The monoisotopic (exact) mass is 365 g/mol. The molecule has 2 aromatic heterocycles. The first-order valence-electron chi connectivity index (χ1n) is 9.10. The molecule has 1 aliphatic carbocycles. The van der Waals surface area contributed by atoms with Crippen LogP contribution in [0.5, 0.6) is 0 Å². The number of anilines is 1. The molecule has 1 saturated heterocycles. The summed E-state index contributed by atoms with van der Waals surface area (Å²) in [6.45, 7) is 1.95. The molecule has 0 bridgehead atoms. The Labute approximate surface area is 157 Å². The third kappa shape index (κ3) is 3.64. The number of hydrogen-bond acceptors (Lipinski definition) is 6. The van der Waals surface area contributed by atoms with Crippen molar-refractivity contribution < 1.29 is 4.74 Å². The Balaban J connectivity index is 1.63. The van der Waals surface area contributed by atoms with E-state index in [9.17, 15) is 4.79 Å². The first kappa shape index (κ1) is 17.5. The van der Waals surface area contributed by atoms with Crippen LogP contribution < -0.4 is 16.2 Å². The maximum absolute atomic E-state index is 12.5. The van der Waals surface area contributed by atoms with Gasteiger partial charge in [0.25, 0.3) is 5.56 Å². The van der Waals surface area contributed by atoms with Crippen molar-refractivity contribution in [1.82, 2.24) is 14.5 Å². The normalized spacial score (nSPS) is 22.6. The predicted molar refractivity (Wildman–Crippen MR) is 104 cm³/mol. The van der Waals surface area contributed by atoms with Crippen molar-refractivity contribution in [2.24, 2.45) is 18.7 Å². The summed E-state index contributed by atoms with van der Waals surface area (Å²) in [5.74, 6) is 0.893. The number of pyridine rings is 1. The first-order chi connectivity index (χ1) is 13.1. The quantitative estimate of drug-likeness (QED) is 0.886. The van der Waals surface area contributed by atoms with Gasteiger partial charge < -0.3 is 15.4 Å². The van der Waals surface area contributed by atoms with Gasteiger partial charge in [-0.05, 0) is 24.6 Å². The van der Waals surface area contributed by atoms with Gasteiger partial charge in [-0.1, -0.05) is 12.2 Å². The highest BCUT2D eigenvalue weighted by Gasteiger charge is 2.29. The highest BCUT2D eigenvalue weighted by atomic mass is 16.5. The van der Waals surface area contributed by atoms with E-state index >= 15 is 0 Å². The molecule has 0 radical (unpaired) electrons. The zero-order chi connectivity index (χ0) is 18.8. The highest BCUT2D eigenvalue weighted by molar-refractivity contribution is 5.59. The molecule has 7 heteroatoms. The molecule has 3 heterocycles. The van der Waals surface area contributed by atoms with Crippen LogP contribution in [0.25, 0.3) is 11.3 Å². The molecule has 0 spiro atoms. The molecular formula is C20H23N5O2. The summed E-state index contributed by atoms with van der Waals surface area (Å²) in [4.78, 5) is 23.4. The third-order valence-electron chi connectivity index (χ3n) is 5.07. The van der Waals surface area contributed by atoms with Crippen molar-refractivity contribution in [3.63, 3.8) is 0 Å². The van der Waals surface area contributed by atoms with Gasteiger partial charge in [0.15, 0.2) is 0 Å². The van der Waals surface area contributed by atoms with E-state index in [-0.39, 0.29) is 17.6 Å². The van der Waals surface area contributed by atoms with Crippen molar-refractivity contribution in [2.45, 2.75) is 12.5 Å². The van der Waals surface area contributed by atoms with Crippen molar-refractivity contribution >= 4 is 5.95 Å². The average molecular weight is 365 g/mol. The summed E-state index contributed by atoms with van der Waals surface area (Å²) in [5, 5.41) is 0. The molecule has 0 saturated carbocycles. The van der Waals surface area contributed by atoms with E-state index in [1.165, 1.54) is 0 Å². The fourth-order valence-corrected chi connectivity index (χ4v) is 3.59. The molecular weight excluding hydrogens is 342 g/mol. The van der Waals surface area contributed by atoms with Crippen molar-refractivity contribution in [1.29, 1.82) is 0 Å². The van der Waals surface area contributed by atoms with Crippen molar-refractivity contribution in [2.75, 3.05) is 24.6 Å². The van der Waals surface area contributed by atoms with Gasteiger partial charge in [-0.25, -0.2) is 4.98 Å². The number of allylic oxidation sites excluding steroid dienone is 2. The van der Waals surface area contributed by atoms with Gasteiger partial charge in [-0.15, -0.1) is 0 Å². The summed E-state index contributed by atoms with van der Waals surface area (Å²) in [5.41, 5.74) is 8.17. The largest absolute Gasteiger partial charge is 0.399 e. The Bertz CT molecular complexity index is 935. The van der Waals surface area contributed by atoms with E-state index in [4.69, 9.17) is 15.5 Å². The molecule has 2 N–H and O–H groups in total. The van der Waals surface area contributed by atoms with Crippen LogP contribution in [0.1, 0.15) is 6.42 Å². The SMILES string of the molecule is Cn1c(N2CCO[C@H](C3C=C(N)C=CC3)C2)nc(-c2ccncc2)cc1=O. The Hall–Kier alpha value is -2.93. The van der Waals surface area contributed by atoms with E-state index in [2.05, 4.69) is 22.0 Å². The Morgan fingerprint density at radius 2 is 2.11 bits per heavy atom. The fourth-order valence-electron chi connectivity index (χ4n) is 3.59. The topological polar surface area (TPSA) is 86.3 Å². The minimum Gasteiger partial charge on any atom is -0.399 e. The summed E-state index contributed by atoms with van der Waals surface area (Å²) < 4.78 is 7.60. The van der Waals surface area contributed by atoms with Crippen LogP contribution in [0, 0.1) is 5.92 Å². The van der Waals surface area contributed by atoms with Crippen molar-refractivity contribution in [3.05, 3.63) is 64.9 Å². The van der Waals surface area contributed by atoms with Crippen LogP contribution in [-0.4, -0.2) is 40.3 Å². The smallest absolute Gasteiger partial charge is 0.255 e. The minimum absolute atomic E-state index is 0.0173. The standard InChI is InChI=1S/C20H23N5O2/c1-24-19(26)12-17(14-5-7-22-8-6-14)23-20(24)25-9-10-27-18(13-25)15-3-2-4-16(21)11-15/h2,4-8,11-12,15,18H,3,9-10,13,21H2,1H3/t15?,18-/m0/s1. The van der Waals surface area contributed by atoms with Crippen LogP contribution >= 0.6 is 0 Å². The lowest BCUT2D eigenvalue weighted by Gasteiger charge is -2.37. The lowest BCUT2D eigenvalue weighted by Crippen LogP contribution is -2.47. The lowest BCUT2D eigenvalue weighted by atomic mass is 9.92.